The van der Waals surface area contributed by atoms with Crippen LogP contribution in [0.2, 0.25) is 0 Å². The molecule has 0 aliphatic heterocycles. The summed E-state index contributed by atoms with van der Waals surface area (Å²) in [7, 11) is 0. The van der Waals surface area contributed by atoms with Gasteiger partial charge >= 0.3 is 5.97 Å². The molecule has 0 heterocycles. The number of carbonyl (C=O) groups excluding carboxylic acids is 1. The van der Waals surface area contributed by atoms with Gasteiger partial charge in [-0.2, -0.15) is 0 Å². The Hall–Kier alpha value is -2.29. The van der Waals surface area contributed by atoms with E-state index in [0.717, 1.165) is 5.56 Å². The van der Waals surface area contributed by atoms with Crippen LogP contribution in [0.1, 0.15) is 28.4 Å². The van der Waals surface area contributed by atoms with Crippen LogP contribution in [0.3, 0.4) is 0 Å². The Balaban J connectivity index is 2.01. The van der Waals surface area contributed by atoms with Crippen molar-refractivity contribution in [2.45, 2.75) is 20.5 Å². The number of ether oxygens (including phenoxy) is 2. The molecular weight excluding hydrogens is 252 g/mol. The summed E-state index contributed by atoms with van der Waals surface area (Å²) in [4.78, 5) is 11.6. The van der Waals surface area contributed by atoms with Crippen molar-refractivity contribution in [3.63, 3.8) is 0 Å². The van der Waals surface area contributed by atoms with Gasteiger partial charge in [-0.15, -0.1) is 0 Å². The van der Waals surface area contributed by atoms with E-state index in [4.69, 9.17) is 9.47 Å². The fourth-order valence-corrected chi connectivity index (χ4v) is 1.78. The molecule has 0 unspecified atom stereocenters. The Morgan fingerprint density at radius 2 is 1.85 bits per heavy atom. The number of benzene rings is 2. The van der Waals surface area contributed by atoms with Gasteiger partial charge in [0, 0.05) is 0 Å². The summed E-state index contributed by atoms with van der Waals surface area (Å²) in [6.07, 6.45) is 0. The largest absolute Gasteiger partial charge is 0.489 e. The number of hydrogen-bond acceptors (Lipinski definition) is 3. The molecule has 3 nitrogen and oxygen atoms in total. The minimum atomic E-state index is -0.326. The van der Waals surface area contributed by atoms with Crippen LogP contribution in [0, 0.1) is 6.92 Å². The average molecular weight is 270 g/mol. The topological polar surface area (TPSA) is 35.5 Å². The highest BCUT2D eigenvalue weighted by atomic mass is 16.5. The molecule has 104 valence electrons. The van der Waals surface area contributed by atoms with Crippen LogP contribution in [0.5, 0.6) is 5.75 Å². The second-order valence-electron chi connectivity index (χ2n) is 4.52. The maximum Gasteiger partial charge on any atom is 0.338 e. The van der Waals surface area contributed by atoms with Gasteiger partial charge in [-0.05, 0) is 37.6 Å². The second-order valence-corrected chi connectivity index (χ2v) is 4.52. The Labute approximate surface area is 119 Å². The summed E-state index contributed by atoms with van der Waals surface area (Å²) >= 11 is 0. The first-order valence-electron chi connectivity index (χ1n) is 6.64. The molecule has 0 atom stereocenters. The highest BCUT2D eigenvalue weighted by molar-refractivity contribution is 5.89. The average Bonchev–Trinajstić information content (AvgIpc) is 2.47. The van der Waals surface area contributed by atoms with E-state index in [0.29, 0.717) is 24.5 Å². The van der Waals surface area contributed by atoms with Crippen molar-refractivity contribution in [1.29, 1.82) is 0 Å². The smallest absolute Gasteiger partial charge is 0.338 e. The molecule has 0 saturated heterocycles. The van der Waals surface area contributed by atoms with Gasteiger partial charge in [-0.3, -0.25) is 0 Å². The van der Waals surface area contributed by atoms with Crippen molar-refractivity contribution in [2.24, 2.45) is 0 Å². The Bertz CT molecular complexity index is 573. The van der Waals surface area contributed by atoms with Gasteiger partial charge in [0.25, 0.3) is 0 Å². The Kier molecular flexibility index (Phi) is 4.77. The predicted octanol–water partition coefficient (Wildman–Crippen LogP) is 3.75. The van der Waals surface area contributed by atoms with Crippen molar-refractivity contribution >= 4 is 5.97 Å². The molecule has 0 radical (unpaired) electrons. The molecule has 3 heteroatoms. The first kappa shape index (κ1) is 14.1. The molecule has 0 aromatic heterocycles. The van der Waals surface area contributed by atoms with Crippen LogP contribution in [0.4, 0.5) is 0 Å². The fourth-order valence-electron chi connectivity index (χ4n) is 1.78. The predicted molar refractivity (Wildman–Crippen MR) is 77.9 cm³/mol. The lowest BCUT2D eigenvalue weighted by Gasteiger charge is -2.08. The number of esters is 1. The zero-order valence-corrected chi connectivity index (χ0v) is 11.8. The quantitative estimate of drug-likeness (QED) is 0.776. The highest BCUT2D eigenvalue weighted by Gasteiger charge is 2.07. The molecule has 0 fully saturated rings. The second kappa shape index (κ2) is 6.75. The van der Waals surface area contributed by atoms with Gasteiger partial charge in [-0.25, -0.2) is 4.79 Å². The summed E-state index contributed by atoms with van der Waals surface area (Å²) in [6, 6.07) is 15.2. The van der Waals surface area contributed by atoms with Crippen molar-refractivity contribution in [3.8, 4) is 5.75 Å². The van der Waals surface area contributed by atoms with Gasteiger partial charge in [0.2, 0.25) is 0 Å². The normalized spacial score (nSPS) is 10.1. The molecular formula is C17H18O3. The third-order valence-electron chi connectivity index (χ3n) is 2.87. The lowest BCUT2D eigenvalue weighted by molar-refractivity contribution is 0.0526. The number of hydrogen-bond donors (Lipinski definition) is 0. The van der Waals surface area contributed by atoms with Crippen LogP contribution in [0.25, 0.3) is 0 Å². The molecule has 0 N–H and O–H groups in total. The van der Waals surface area contributed by atoms with Gasteiger partial charge < -0.3 is 9.47 Å². The van der Waals surface area contributed by atoms with E-state index in [1.165, 1.54) is 5.56 Å². The van der Waals surface area contributed by atoms with Crippen LogP contribution < -0.4 is 4.74 Å². The lowest BCUT2D eigenvalue weighted by Crippen LogP contribution is -2.05. The molecule has 2 aromatic carbocycles. The molecule has 0 amide bonds. The van der Waals surface area contributed by atoms with Gasteiger partial charge in [0.1, 0.15) is 12.4 Å². The van der Waals surface area contributed by atoms with E-state index in [2.05, 4.69) is 0 Å². The molecule has 2 aromatic rings. The third kappa shape index (κ3) is 3.85. The lowest BCUT2D eigenvalue weighted by atomic mass is 10.2. The Morgan fingerprint density at radius 1 is 1.10 bits per heavy atom. The molecule has 0 spiro atoms. The summed E-state index contributed by atoms with van der Waals surface area (Å²) in [5, 5.41) is 0. The first-order chi connectivity index (χ1) is 9.69. The molecule has 2 rings (SSSR count). The zero-order valence-electron chi connectivity index (χ0n) is 11.8. The van der Waals surface area contributed by atoms with Crippen molar-refractivity contribution in [2.75, 3.05) is 6.61 Å². The monoisotopic (exact) mass is 270 g/mol. The first-order valence-corrected chi connectivity index (χ1v) is 6.64. The SMILES string of the molecule is CCOC(=O)c1cccc(OCc2ccc(C)cc2)c1. The number of rotatable bonds is 5. The minimum Gasteiger partial charge on any atom is -0.489 e. The molecule has 20 heavy (non-hydrogen) atoms. The number of carbonyl (C=O) groups is 1. The fraction of sp³-hybridized carbons (Fsp3) is 0.235. The van der Waals surface area contributed by atoms with E-state index in [-0.39, 0.29) is 5.97 Å². The van der Waals surface area contributed by atoms with Crippen LogP contribution in [0.15, 0.2) is 48.5 Å². The molecule has 0 aliphatic carbocycles. The zero-order chi connectivity index (χ0) is 14.4. The van der Waals surface area contributed by atoms with Crippen LogP contribution in [-0.2, 0) is 11.3 Å². The third-order valence-corrected chi connectivity index (χ3v) is 2.87. The van der Waals surface area contributed by atoms with Gasteiger partial charge in [0.05, 0.1) is 12.2 Å². The standard InChI is InChI=1S/C17H18O3/c1-3-19-17(18)15-5-4-6-16(11-15)20-12-14-9-7-13(2)8-10-14/h4-11H,3,12H2,1-2H3. The molecule has 0 bridgehead atoms. The van der Waals surface area contributed by atoms with Gasteiger partial charge in [-0.1, -0.05) is 35.9 Å². The van der Waals surface area contributed by atoms with E-state index in [1.54, 1.807) is 25.1 Å². The van der Waals surface area contributed by atoms with E-state index >= 15 is 0 Å². The number of aryl methyl sites for hydroxylation is 1. The molecule has 0 aliphatic rings. The molecule has 0 saturated carbocycles. The van der Waals surface area contributed by atoms with E-state index in [9.17, 15) is 4.79 Å². The van der Waals surface area contributed by atoms with Crippen LogP contribution >= 0.6 is 0 Å². The summed E-state index contributed by atoms with van der Waals surface area (Å²) in [5.41, 5.74) is 2.82. The van der Waals surface area contributed by atoms with Crippen molar-refractivity contribution in [1.82, 2.24) is 0 Å². The van der Waals surface area contributed by atoms with Crippen molar-refractivity contribution < 1.29 is 14.3 Å². The van der Waals surface area contributed by atoms with Crippen molar-refractivity contribution in [3.05, 3.63) is 65.2 Å². The summed E-state index contributed by atoms with van der Waals surface area (Å²) < 4.78 is 10.7. The minimum absolute atomic E-state index is 0.326. The summed E-state index contributed by atoms with van der Waals surface area (Å²) in [6.45, 7) is 4.68. The van der Waals surface area contributed by atoms with E-state index < -0.39 is 0 Å². The van der Waals surface area contributed by atoms with Crippen LogP contribution in [-0.4, -0.2) is 12.6 Å². The van der Waals surface area contributed by atoms with E-state index in [1.807, 2.05) is 37.3 Å². The maximum atomic E-state index is 11.6. The maximum absolute atomic E-state index is 11.6. The highest BCUT2D eigenvalue weighted by Crippen LogP contribution is 2.16. The van der Waals surface area contributed by atoms with Gasteiger partial charge in [0.15, 0.2) is 0 Å². The summed E-state index contributed by atoms with van der Waals surface area (Å²) in [5.74, 6) is 0.337. The Morgan fingerprint density at radius 3 is 2.55 bits per heavy atom.